The van der Waals surface area contributed by atoms with Crippen LogP contribution in [0.25, 0.3) is 0 Å². The summed E-state index contributed by atoms with van der Waals surface area (Å²) in [5.41, 5.74) is 6.92. The molecule has 2 unspecified atom stereocenters. The molecular formula is C14H24N4. The highest BCUT2D eigenvalue weighted by atomic mass is 15.1. The van der Waals surface area contributed by atoms with Gasteiger partial charge in [-0.1, -0.05) is 26.7 Å². The third-order valence-corrected chi connectivity index (χ3v) is 3.82. The highest BCUT2D eigenvalue weighted by Crippen LogP contribution is 2.27. The highest BCUT2D eigenvalue weighted by Gasteiger charge is 2.20. The molecule has 1 aromatic heterocycles. The Morgan fingerprint density at radius 2 is 2.11 bits per heavy atom. The minimum absolute atomic E-state index is 0.534. The fourth-order valence-corrected chi connectivity index (χ4v) is 2.64. The molecule has 0 radical (unpaired) electrons. The summed E-state index contributed by atoms with van der Waals surface area (Å²) in [4.78, 5) is 8.86. The largest absolute Gasteiger partial charge is 0.383 e. The highest BCUT2D eigenvalue weighted by molar-refractivity contribution is 5.55. The van der Waals surface area contributed by atoms with Crippen LogP contribution in [0.5, 0.6) is 0 Å². The molecule has 1 fully saturated rings. The standard InChI is InChI=1S/C14H24N4/c1-4-12-17-13(15)10(3)14(18-12)16-11-7-5-6-9(2)8-11/h9,11H,4-8H2,1-3H3,(H3,15,16,17,18). The van der Waals surface area contributed by atoms with Gasteiger partial charge in [-0.3, -0.25) is 0 Å². The molecular weight excluding hydrogens is 224 g/mol. The maximum absolute atomic E-state index is 5.94. The van der Waals surface area contributed by atoms with Crippen molar-refractivity contribution in [2.45, 2.75) is 58.9 Å². The Balaban J connectivity index is 2.14. The van der Waals surface area contributed by atoms with E-state index < -0.39 is 0 Å². The Kier molecular flexibility index (Phi) is 4.04. The fraction of sp³-hybridized carbons (Fsp3) is 0.714. The van der Waals surface area contributed by atoms with Crippen molar-refractivity contribution in [3.63, 3.8) is 0 Å². The molecule has 1 aliphatic carbocycles. The Labute approximate surface area is 109 Å². The summed E-state index contributed by atoms with van der Waals surface area (Å²) in [5.74, 6) is 3.16. The van der Waals surface area contributed by atoms with Crippen molar-refractivity contribution < 1.29 is 0 Å². The zero-order chi connectivity index (χ0) is 13.1. The Morgan fingerprint density at radius 1 is 1.33 bits per heavy atom. The van der Waals surface area contributed by atoms with Gasteiger partial charge in [0.2, 0.25) is 0 Å². The van der Waals surface area contributed by atoms with Gasteiger partial charge in [0.1, 0.15) is 17.5 Å². The van der Waals surface area contributed by atoms with E-state index in [4.69, 9.17) is 5.73 Å². The second-order valence-corrected chi connectivity index (χ2v) is 5.47. The van der Waals surface area contributed by atoms with E-state index in [-0.39, 0.29) is 0 Å². The number of rotatable bonds is 3. The van der Waals surface area contributed by atoms with Crippen LogP contribution in [0, 0.1) is 12.8 Å². The van der Waals surface area contributed by atoms with Crippen molar-refractivity contribution in [2.24, 2.45) is 5.92 Å². The topological polar surface area (TPSA) is 63.8 Å². The van der Waals surface area contributed by atoms with Crippen LogP contribution >= 0.6 is 0 Å². The van der Waals surface area contributed by atoms with E-state index in [2.05, 4.69) is 29.1 Å². The van der Waals surface area contributed by atoms with E-state index in [9.17, 15) is 0 Å². The number of aryl methyl sites for hydroxylation is 1. The molecule has 1 aromatic rings. The van der Waals surface area contributed by atoms with Crippen LogP contribution in [0.2, 0.25) is 0 Å². The van der Waals surface area contributed by atoms with E-state index in [0.717, 1.165) is 29.5 Å². The maximum Gasteiger partial charge on any atom is 0.134 e. The molecule has 1 saturated carbocycles. The number of aromatic nitrogens is 2. The van der Waals surface area contributed by atoms with Crippen LogP contribution in [0.15, 0.2) is 0 Å². The molecule has 4 heteroatoms. The summed E-state index contributed by atoms with van der Waals surface area (Å²) in [5, 5.41) is 3.56. The predicted octanol–water partition coefficient (Wildman–Crippen LogP) is 2.92. The second kappa shape index (κ2) is 5.55. The SMILES string of the molecule is CCc1nc(N)c(C)c(NC2CCCC(C)C2)n1. The quantitative estimate of drug-likeness (QED) is 0.863. The van der Waals surface area contributed by atoms with E-state index in [0.29, 0.717) is 11.9 Å². The van der Waals surface area contributed by atoms with E-state index in [1.807, 2.05) is 6.92 Å². The molecule has 0 aliphatic heterocycles. The summed E-state index contributed by atoms with van der Waals surface area (Å²) >= 11 is 0. The lowest BCUT2D eigenvalue weighted by molar-refractivity contribution is 0.358. The van der Waals surface area contributed by atoms with Crippen molar-refractivity contribution >= 4 is 11.6 Å². The van der Waals surface area contributed by atoms with E-state index in [1.54, 1.807) is 0 Å². The second-order valence-electron chi connectivity index (χ2n) is 5.47. The summed E-state index contributed by atoms with van der Waals surface area (Å²) < 4.78 is 0. The van der Waals surface area contributed by atoms with Gasteiger partial charge in [-0.15, -0.1) is 0 Å². The first-order valence-electron chi connectivity index (χ1n) is 6.99. The molecule has 0 saturated heterocycles. The summed E-state index contributed by atoms with van der Waals surface area (Å²) in [7, 11) is 0. The minimum atomic E-state index is 0.534. The lowest BCUT2D eigenvalue weighted by Gasteiger charge is -2.28. The van der Waals surface area contributed by atoms with Crippen LogP contribution in [0.1, 0.15) is 50.9 Å². The molecule has 18 heavy (non-hydrogen) atoms. The molecule has 0 spiro atoms. The number of anilines is 2. The van der Waals surface area contributed by atoms with Crippen molar-refractivity contribution in [3.8, 4) is 0 Å². The first kappa shape index (κ1) is 13.1. The average molecular weight is 248 g/mol. The van der Waals surface area contributed by atoms with Crippen LogP contribution < -0.4 is 11.1 Å². The number of hydrogen-bond acceptors (Lipinski definition) is 4. The fourth-order valence-electron chi connectivity index (χ4n) is 2.64. The van der Waals surface area contributed by atoms with Crippen molar-refractivity contribution in [3.05, 3.63) is 11.4 Å². The van der Waals surface area contributed by atoms with Crippen LogP contribution in [0.3, 0.4) is 0 Å². The number of hydrogen-bond donors (Lipinski definition) is 2. The first-order valence-corrected chi connectivity index (χ1v) is 6.99. The molecule has 0 amide bonds. The normalized spacial score (nSPS) is 23.9. The number of nitrogens with one attached hydrogen (secondary N) is 1. The van der Waals surface area contributed by atoms with Crippen LogP contribution in [0.4, 0.5) is 11.6 Å². The maximum atomic E-state index is 5.94. The lowest BCUT2D eigenvalue weighted by Crippen LogP contribution is -2.27. The van der Waals surface area contributed by atoms with Crippen molar-refractivity contribution in [1.29, 1.82) is 0 Å². The van der Waals surface area contributed by atoms with Gasteiger partial charge in [0.25, 0.3) is 0 Å². The van der Waals surface area contributed by atoms with Gasteiger partial charge in [0.05, 0.1) is 0 Å². The molecule has 0 aromatic carbocycles. The minimum Gasteiger partial charge on any atom is -0.383 e. The molecule has 1 aliphatic rings. The summed E-state index contributed by atoms with van der Waals surface area (Å²) in [6.45, 7) is 6.37. The van der Waals surface area contributed by atoms with Gasteiger partial charge in [-0.25, -0.2) is 9.97 Å². The smallest absolute Gasteiger partial charge is 0.134 e. The molecule has 2 atom stereocenters. The molecule has 3 N–H and O–H groups in total. The van der Waals surface area contributed by atoms with Gasteiger partial charge >= 0.3 is 0 Å². The zero-order valence-electron chi connectivity index (χ0n) is 11.7. The van der Waals surface area contributed by atoms with E-state index in [1.165, 1.54) is 25.7 Å². The Bertz CT molecular complexity index is 417. The molecule has 0 bridgehead atoms. The third-order valence-electron chi connectivity index (χ3n) is 3.82. The van der Waals surface area contributed by atoms with Crippen LogP contribution in [-0.2, 0) is 6.42 Å². The number of nitrogen functional groups attached to an aromatic ring is 1. The lowest BCUT2D eigenvalue weighted by atomic mass is 9.87. The monoisotopic (exact) mass is 248 g/mol. The summed E-state index contributed by atoms with van der Waals surface area (Å²) in [6.07, 6.45) is 5.93. The van der Waals surface area contributed by atoms with Gasteiger partial charge in [-0.05, 0) is 25.7 Å². The van der Waals surface area contributed by atoms with Gasteiger partial charge in [0, 0.05) is 18.0 Å². The Morgan fingerprint density at radius 3 is 2.78 bits per heavy atom. The third kappa shape index (κ3) is 2.92. The molecule has 4 nitrogen and oxygen atoms in total. The van der Waals surface area contributed by atoms with Crippen molar-refractivity contribution in [2.75, 3.05) is 11.1 Å². The van der Waals surface area contributed by atoms with Crippen LogP contribution in [-0.4, -0.2) is 16.0 Å². The van der Waals surface area contributed by atoms with E-state index >= 15 is 0 Å². The predicted molar refractivity (Wildman–Crippen MR) is 75.6 cm³/mol. The zero-order valence-corrected chi connectivity index (χ0v) is 11.7. The Hall–Kier alpha value is -1.32. The van der Waals surface area contributed by atoms with Gasteiger partial charge in [0.15, 0.2) is 0 Å². The first-order chi connectivity index (χ1) is 8.60. The molecule has 100 valence electrons. The summed E-state index contributed by atoms with van der Waals surface area (Å²) in [6, 6.07) is 0.534. The van der Waals surface area contributed by atoms with Gasteiger partial charge in [-0.2, -0.15) is 0 Å². The van der Waals surface area contributed by atoms with Gasteiger partial charge < -0.3 is 11.1 Å². The molecule has 2 rings (SSSR count). The number of nitrogens with zero attached hydrogens (tertiary/aromatic N) is 2. The molecule has 1 heterocycles. The average Bonchev–Trinajstić information content (AvgIpc) is 2.34. The number of nitrogens with two attached hydrogens (primary N) is 1. The van der Waals surface area contributed by atoms with Crippen molar-refractivity contribution in [1.82, 2.24) is 9.97 Å².